The molecule has 2 N–H and O–H groups in total. The fourth-order valence-electron chi connectivity index (χ4n) is 2.12. The van der Waals surface area contributed by atoms with Crippen molar-refractivity contribution >= 4 is 17.5 Å². The van der Waals surface area contributed by atoms with Crippen LogP contribution in [-0.4, -0.2) is 41.2 Å². The third kappa shape index (κ3) is 2.95. The van der Waals surface area contributed by atoms with E-state index in [1.807, 2.05) is 4.90 Å². The molecule has 0 spiro atoms. The molecule has 7 heteroatoms. The Kier molecular flexibility index (Phi) is 3.63. The molecule has 0 aliphatic carbocycles. The summed E-state index contributed by atoms with van der Waals surface area (Å²) in [5.74, 6) is 1.05. The molecular formula is C10H16ClN5O. The molecule has 0 aromatic carbocycles. The van der Waals surface area contributed by atoms with Crippen molar-refractivity contribution in [2.24, 2.45) is 11.7 Å². The van der Waals surface area contributed by atoms with E-state index in [-0.39, 0.29) is 17.3 Å². The lowest BCUT2D eigenvalue weighted by Crippen LogP contribution is -2.47. The van der Waals surface area contributed by atoms with E-state index in [0.717, 1.165) is 19.5 Å². The van der Waals surface area contributed by atoms with Crippen LogP contribution in [0.2, 0.25) is 5.28 Å². The van der Waals surface area contributed by atoms with Crippen molar-refractivity contribution in [1.82, 2.24) is 15.0 Å². The maximum atomic E-state index is 5.98. The van der Waals surface area contributed by atoms with Crippen LogP contribution in [0.25, 0.3) is 0 Å². The highest BCUT2D eigenvalue weighted by molar-refractivity contribution is 6.28. The van der Waals surface area contributed by atoms with Crippen LogP contribution < -0.4 is 15.4 Å². The summed E-state index contributed by atoms with van der Waals surface area (Å²) in [5, 5.41) is 0.138. The first-order chi connectivity index (χ1) is 8.08. The predicted octanol–water partition coefficient (Wildman–Crippen LogP) is 0.707. The molecule has 1 aromatic heterocycles. The molecule has 1 aromatic rings. The summed E-state index contributed by atoms with van der Waals surface area (Å²) < 4.78 is 4.98. The summed E-state index contributed by atoms with van der Waals surface area (Å²) in [7, 11) is 1.50. The van der Waals surface area contributed by atoms with Crippen molar-refractivity contribution in [3.05, 3.63) is 5.28 Å². The topological polar surface area (TPSA) is 77.2 Å². The van der Waals surface area contributed by atoms with E-state index in [2.05, 4.69) is 21.9 Å². The highest BCUT2D eigenvalue weighted by atomic mass is 35.5. The molecule has 0 bridgehead atoms. The van der Waals surface area contributed by atoms with Crippen LogP contribution in [0.15, 0.2) is 0 Å². The van der Waals surface area contributed by atoms with E-state index in [4.69, 9.17) is 22.1 Å². The molecule has 2 heterocycles. The number of nitrogens with zero attached hydrogens (tertiary/aromatic N) is 4. The molecule has 94 valence electrons. The molecule has 2 atom stereocenters. The molecule has 1 fully saturated rings. The van der Waals surface area contributed by atoms with Gasteiger partial charge in [0.25, 0.3) is 0 Å². The van der Waals surface area contributed by atoms with Gasteiger partial charge in [-0.25, -0.2) is 0 Å². The van der Waals surface area contributed by atoms with Crippen molar-refractivity contribution in [1.29, 1.82) is 0 Å². The van der Waals surface area contributed by atoms with Gasteiger partial charge >= 0.3 is 6.01 Å². The lowest BCUT2D eigenvalue weighted by Gasteiger charge is -2.34. The quantitative estimate of drug-likeness (QED) is 0.841. The number of halogens is 1. The van der Waals surface area contributed by atoms with Gasteiger partial charge in [-0.1, -0.05) is 6.92 Å². The van der Waals surface area contributed by atoms with Crippen LogP contribution in [0.3, 0.4) is 0 Å². The van der Waals surface area contributed by atoms with Crippen molar-refractivity contribution < 1.29 is 4.74 Å². The highest BCUT2D eigenvalue weighted by Crippen LogP contribution is 2.21. The number of aromatic nitrogens is 3. The third-order valence-electron chi connectivity index (χ3n) is 2.73. The highest BCUT2D eigenvalue weighted by Gasteiger charge is 2.24. The van der Waals surface area contributed by atoms with Gasteiger partial charge in [-0.2, -0.15) is 15.0 Å². The lowest BCUT2D eigenvalue weighted by atomic mass is 9.97. The van der Waals surface area contributed by atoms with Crippen molar-refractivity contribution in [3.8, 4) is 6.01 Å². The summed E-state index contributed by atoms with van der Waals surface area (Å²) in [6.45, 7) is 3.76. The van der Waals surface area contributed by atoms with Gasteiger partial charge in [0, 0.05) is 19.1 Å². The Labute approximate surface area is 105 Å². The molecule has 1 saturated heterocycles. The van der Waals surface area contributed by atoms with E-state index < -0.39 is 0 Å². The minimum atomic E-state index is 0.138. The zero-order valence-corrected chi connectivity index (χ0v) is 10.7. The van der Waals surface area contributed by atoms with Crippen LogP contribution in [-0.2, 0) is 0 Å². The van der Waals surface area contributed by atoms with E-state index in [1.54, 1.807) is 0 Å². The first-order valence-electron chi connectivity index (χ1n) is 5.54. The van der Waals surface area contributed by atoms with Crippen LogP contribution in [0.5, 0.6) is 6.01 Å². The number of piperidine rings is 1. The van der Waals surface area contributed by atoms with E-state index in [1.165, 1.54) is 7.11 Å². The van der Waals surface area contributed by atoms with E-state index in [9.17, 15) is 0 Å². The number of hydrogen-bond acceptors (Lipinski definition) is 6. The zero-order chi connectivity index (χ0) is 12.4. The molecule has 0 amide bonds. The second-order valence-electron chi connectivity index (χ2n) is 4.40. The smallest absolute Gasteiger partial charge is 0.322 e. The fourth-order valence-corrected chi connectivity index (χ4v) is 2.27. The summed E-state index contributed by atoms with van der Waals surface area (Å²) in [5.41, 5.74) is 5.98. The minimum absolute atomic E-state index is 0.138. The van der Waals surface area contributed by atoms with Gasteiger partial charge in [0.1, 0.15) is 0 Å². The number of nitrogens with two attached hydrogens (primary N) is 1. The Hall–Kier alpha value is -1.14. The van der Waals surface area contributed by atoms with Gasteiger partial charge < -0.3 is 15.4 Å². The fraction of sp³-hybridized carbons (Fsp3) is 0.700. The standard InChI is InChI=1S/C10H16ClN5O/c1-6-3-7(12)5-16(4-6)9-13-8(11)14-10(15-9)17-2/h6-7H,3-5,12H2,1-2H3. The number of rotatable bonds is 2. The average Bonchev–Trinajstić information content (AvgIpc) is 2.26. The monoisotopic (exact) mass is 257 g/mol. The molecule has 0 radical (unpaired) electrons. The first-order valence-corrected chi connectivity index (χ1v) is 5.92. The van der Waals surface area contributed by atoms with Gasteiger partial charge in [0.05, 0.1) is 7.11 Å². The summed E-state index contributed by atoms with van der Waals surface area (Å²) >= 11 is 5.82. The maximum Gasteiger partial charge on any atom is 0.322 e. The van der Waals surface area contributed by atoms with Gasteiger partial charge in [-0.05, 0) is 23.9 Å². The third-order valence-corrected chi connectivity index (χ3v) is 2.90. The molecule has 6 nitrogen and oxygen atoms in total. The Morgan fingerprint density at radius 2 is 2.12 bits per heavy atom. The molecule has 0 saturated carbocycles. The summed E-state index contributed by atoms with van der Waals surface area (Å²) in [4.78, 5) is 14.2. The molecule has 2 rings (SSSR count). The largest absolute Gasteiger partial charge is 0.467 e. The van der Waals surface area contributed by atoms with E-state index in [0.29, 0.717) is 11.9 Å². The Morgan fingerprint density at radius 1 is 1.35 bits per heavy atom. The Morgan fingerprint density at radius 3 is 2.76 bits per heavy atom. The van der Waals surface area contributed by atoms with Crippen LogP contribution in [0, 0.1) is 5.92 Å². The Bertz CT molecular complexity index is 392. The maximum absolute atomic E-state index is 5.98. The molecule has 17 heavy (non-hydrogen) atoms. The number of methoxy groups -OCH3 is 1. The number of hydrogen-bond donors (Lipinski definition) is 1. The number of ether oxygens (including phenoxy) is 1. The zero-order valence-electron chi connectivity index (χ0n) is 9.93. The van der Waals surface area contributed by atoms with Crippen molar-refractivity contribution in [2.75, 3.05) is 25.1 Å². The first kappa shape index (κ1) is 12.3. The van der Waals surface area contributed by atoms with Gasteiger partial charge in [-0.3, -0.25) is 0 Å². The summed E-state index contributed by atoms with van der Waals surface area (Å²) in [6.07, 6.45) is 1.02. The van der Waals surface area contributed by atoms with Crippen LogP contribution in [0.4, 0.5) is 5.95 Å². The second-order valence-corrected chi connectivity index (χ2v) is 4.74. The SMILES string of the molecule is COc1nc(Cl)nc(N2CC(C)CC(N)C2)n1. The van der Waals surface area contributed by atoms with Crippen molar-refractivity contribution in [3.63, 3.8) is 0 Å². The lowest BCUT2D eigenvalue weighted by molar-refractivity contribution is 0.371. The molecular weight excluding hydrogens is 242 g/mol. The predicted molar refractivity (Wildman–Crippen MR) is 65.4 cm³/mol. The Balaban J connectivity index is 2.23. The normalized spacial score (nSPS) is 24.8. The second kappa shape index (κ2) is 5.01. The minimum Gasteiger partial charge on any atom is -0.467 e. The van der Waals surface area contributed by atoms with Gasteiger partial charge in [0.15, 0.2) is 0 Å². The van der Waals surface area contributed by atoms with Gasteiger partial charge in [0.2, 0.25) is 11.2 Å². The summed E-state index contributed by atoms with van der Waals surface area (Å²) in [6, 6.07) is 0.368. The number of anilines is 1. The molecule has 1 aliphatic heterocycles. The van der Waals surface area contributed by atoms with Crippen LogP contribution in [0.1, 0.15) is 13.3 Å². The van der Waals surface area contributed by atoms with Crippen LogP contribution >= 0.6 is 11.6 Å². The molecule has 2 unspecified atom stereocenters. The average molecular weight is 258 g/mol. The van der Waals surface area contributed by atoms with Gasteiger partial charge in [-0.15, -0.1) is 0 Å². The molecule has 1 aliphatic rings. The van der Waals surface area contributed by atoms with Crippen molar-refractivity contribution in [2.45, 2.75) is 19.4 Å². The van der Waals surface area contributed by atoms with E-state index >= 15 is 0 Å².